The molecule has 0 aromatic heterocycles. The van der Waals surface area contributed by atoms with Crippen molar-refractivity contribution in [2.24, 2.45) is 0 Å². The van der Waals surface area contributed by atoms with Gasteiger partial charge in [-0.25, -0.2) is 0 Å². The van der Waals surface area contributed by atoms with E-state index in [2.05, 4.69) is 10.1 Å². The third-order valence-corrected chi connectivity index (χ3v) is 4.26. The molecule has 3 rings (SSSR count). The van der Waals surface area contributed by atoms with E-state index in [9.17, 15) is 9.59 Å². The zero-order valence-corrected chi connectivity index (χ0v) is 14.2. The molecule has 2 aromatic rings. The summed E-state index contributed by atoms with van der Waals surface area (Å²) in [5.41, 5.74) is 2.39. The van der Waals surface area contributed by atoms with Gasteiger partial charge >= 0.3 is 5.97 Å². The standard InChI is InChI=1S/C20H21NO4/c1-24-19(22)13-21-12-17-10-9-14-7-8-16(11-18(14)25-17)20(23)15-5-3-2-4-6-15/h2-8,11,17,21H,9-10,12-13H2,1H3/t17-/m1/s1. The predicted octanol–water partition coefficient (Wildman–Crippen LogP) is 2.37. The molecule has 0 bridgehead atoms. The van der Waals surface area contributed by atoms with Crippen LogP contribution in [0, 0.1) is 0 Å². The van der Waals surface area contributed by atoms with E-state index in [1.165, 1.54) is 7.11 Å². The van der Waals surface area contributed by atoms with Crippen LogP contribution < -0.4 is 10.1 Å². The van der Waals surface area contributed by atoms with Crippen LogP contribution in [0.4, 0.5) is 0 Å². The van der Waals surface area contributed by atoms with Crippen LogP contribution in [0.15, 0.2) is 48.5 Å². The van der Waals surface area contributed by atoms with Crippen LogP contribution in [0.2, 0.25) is 0 Å². The van der Waals surface area contributed by atoms with Crippen molar-refractivity contribution in [3.8, 4) is 5.75 Å². The van der Waals surface area contributed by atoms with Crippen molar-refractivity contribution in [2.75, 3.05) is 20.2 Å². The maximum absolute atomic E-state index is 12.6. The Bertz CT molecular complexity index is 758. The number of rotatable bonds is 6. The highest BCUT2D eigenvalue weighted by Gasteiger charge is 2.21. The fourth-order valence-electron chi connectivity index (χ4n) is 2.87. The van der Waals surface area contributed by atoms with Gasteiger partial charge in [-0.2, -0.15) is 0 Å². The molecule has 130 valence electrons. The van der Waals surface area contributed by atoms with Crippen molar-refractivity contribution in [1.29, 1.82) is 0 Å². The Hall–Kier alpha value is -2.66. The van der Waals surface area contributed by atoms with E-state index in [0.717, 1.165) is 24.2 Å². The Morgan fingerprint density at radius 1 is 1.16 bits per heavy atom. The molecule has 0 saturated carbocycles. The first-order valence-corrected chi connectivity index (χ1v) is 8.34. The predicted molar refractivity (Wildman–Crippen MR) is 93.9 cm³/mol. The molecule has 2 aromatic carbocycles. The number of carbonyl (C=O) groups is 2. The molecular weight excluding hydrogens is 318 g/mol. The van der Waals surface area contributed by atoms with Crippen molar-refractivity contribution >= 4 is 11.8 Å². The van der Waals surface area contributed by atoms with Crippen LogP contribution in [0.1, 0.15) is 27.9 Å². The van der Waals surface area contributed by atoms with Crippen molar-refractivity contribution < 1.29 is 19.1 Å². The Morgan fingerprint density at radius 2 is 1.96 bits per heavy atom. The molecule has 1 atom stereocenters. The van der Waals surface area contributed by atoms with Gasteiger partial charge in [-0.3, -0.25) is 9.59 Å². The molecule has 0 fully saturated rings. The molecule has 25 heavy (non-hydrogen) atoms. The zero-order valence-electron chi connectivity index (χ0n) is 14.2. The van der Waals surface area contributed by atoms with E-state index >= 15 is 0 Å². The van der Waals surface area contributed by atoms with E-state index < -0.39 is 0 Å². The van der Waals surface area contributed by atoms with E-state index in [4.69, 9.17) is 4.74 Å². The van der Waals surface area contributed by atoms with Gasteiger partial charge in [0.25, 0.3) is 0 Å². The van der Waals surface area contributed by atoms with Gasteiger partial charge in [0.05, 0.1) is 13.7 Å². The van der Waals surface area contributed by atoms with Gasteiger partial charge in [0.15, 0.2) is 5.78 Å². The lowest BCUT2D eigenvalue weighted by atomic mass is 9.97. The van der Waals surface area contributed by atoms with Crippen LogP contribution in [0.5, 0.6) is 5.75 Å². The topological polar surface area (TPSA) is 64.6 Å². The minimum Gasteiger partial charge on any atom is -0.489 e. The van der Waals surface area contributed by atoms with Crippen molar-refractivity contribution in [2.45, 2.75) is 18.9 Å². The average Bonchev–Trinajstić information content (AvgIpc) is 2.67. The molecular formula is C20H21NO4. The number of aryl methyl sites for hydroxylation is 1. The summed E-state index contributed by atoms with van der Waals surface area (Å²) in [5, 5.41) is 3.03. The molecule has 0 aliphatic carbocycles. The van der Waals surface area contributed by atoms with Gasteiger partial charge in [0.2, 0.25) is 0 Å². The molecule has 1 aliphatic heterocycles. The normalized spacial score (nSPS) is 15.8. The molecule has 0 amide bonds. The molecule has 1 heterocycles. The second-order valence-corrected chi connectivity index (χ2v) is 6.00. The first-order valence-electron chi connectivity index (χ1n) is 8.34. The maximum Gasteiger partial charge on any atom is 0.319 e. The first kappa shape index (κ1) is 17.2. The lowest BCUT2D eigenvalue weighted by Crippen LogP contribution is -2.36. The van der Waals surface area contributed by atoms with E-state index in [1.807, 2.05) is 48.5 Å². The molecule has 5 nitrogen and oxygen atoms in total. The molecule has 0 radical (unpaired) electrons. The molecule has 5 heteroatoms. The number of nitrogens with one attached hydrogen (secondary N) is 1. The number of fused-ring (bicyclic) bond motifs is 1. The number of esters is 1. The largest absolute Gasteiger partial charge is 0.489 e. The lowest BCUT2D eigenvalue weighted by molar-refractivity contribution is -0.139. The summed E-state index contributed by atoms with van der Waals surface area (Å²) in [5.74, 6) is 0.433. The third kappa shape index (κ3) is 4.25. The highest BCUT2D eigenvalue weighted by atomic mass is 16.5. The number of ether oxygens (including phenoxy) is 2. The van der Waals surface area contributed by atoms with Crippen LogP contribution in [0.25, 0.3) is 0 Å². The molecule has 0 spiro atoms. The fourth-order valence-corrected chi connectivity index (χ4v) is 2.87. The second-order valence-electron chi connectivity index (χ2n) is 6.00. The Labute approximate surface area is 147 Å². The van der Waals surface area contributed by atoms with Crippen LogP contribution in [-0.2, 0) is 16.0 Å². The molecule has 1 aliphatic rings. The molecule has 0 saturated heterocycles. The summed E-state index contributed by atoms with van der Waals surface area (Å²) in [7, 11) is 1.36. The Balaban J connectivity index is 1.67. The monoisotopic (exact) mass is 339 g/mol. The van der Waals surface area contributed by atoms with Gasteiger partial charge in [-0.1, -0.05) is 42.5 Å². The number of hydrogen-bond acceptors (Lipinski definition) is 5. The van der Waals surface area contributed by atoms with Crippen LogP contribution in [0.3, 0.4) is 0 Å². The van der Waals surface area contributed by atoms with Crippen LogP contribution >= 0.6 is 0 Å². The fraction of sp³-hybridized carbons (Fsp3) is 0.300. The van der Waals surface area contributed by atoms with E-state index in [0.29, 0.717) is 17.7 Å². The first-order chi connectivity index (χ1) is 12.2. The summed E-state index contributed by atoms with van der Waals surface area (Å²) >= 11 is 0. The highest BCUT2D eigenvalue weighted by Crippen LogP contribution is 2.29. The number of hydrogen-bond donors (Lipinski definition) is 1. The van der Waals surface area contributed by atoms with Gasteiger partial charge in [-0.05, 0) is 24.5 Å². The van der Waals surface area contributed by atoms with E-state index in [1.54, 1.807) is 0 Å². The molecule has 0 unspecified atom stereocenters. The number of ketones is 1. The minimum absolute atomic E-state index is 0.0158. The lowest BCUT2D eigenvalue weighted by Gasteiger charge is -2.26. The van der Waals surface area contributed by atoms with Gasteiger partial charge in [-0.15, -0.1) is 0 Å². The number of benzene rings is 2. The maximum atomic E-state index is 12.6. The Kier molecular flexibility index (Phi) is 5.46. The van der Waals surface area contributed by atoms with Crippen molar-refractivity contribution in [3.63, 3.8) is 0 Å². The third-order valence-electron chi connectivity index (χ3n) is 4.26. The van der Waals surface area contributed by atoms with E-state index in [-0.39, 0.29) is 24.4 Å². The van der Waals surface area contributed by atoms with Crippen molar-refractivity contribution in [1.82, 2.24) is 5.32 Å². The van der Waals surface area contributed by atoms with Gasteiger partial charge < -0.3 is 14.8 Å². The summed E-state index contributed by atoms with van der Waals surface area (Å²) in [6.45, 7) is 0.723. The molecule has 1 N–H and O–H groups in total. The second kappa shape index (κ2) is 7.94. The minimum atomic E-state index is -0.299. The highest BCUT2D eigenvalue weighted by molar-refractivity contribution is 6.09. The summed E-state index contributed by atoms with van der Waals surface area (Å²) in [6.07, 6.45) is 1.73. The number of methoxy groups -OCH3 is 1. The van der Waals surface area contributed by atoms with Gasteiger partial charge in [0, 0.05) is 17.7 Å². The summed E-state index contributed by atoms with van der Waals surface area (Å²) in [6, 6.07) is 14.8. The average molecular weight is 339 g/mol. The summed E-state index contributed by atoms with van der Waals surface area (Å²) < 4.78 is 10.6. The Morgan fingerprint density at radius 3 is 2.72 bits per heavy atom. The zero-order chi connectivity index (χ0) is 17.6. The smallest absolute Gasteiger partial charge is 0.319 e. The number of carbonyl (C=O) groups excluding carboxylic acids is 2. The quantitative estimate of drug-likeness (QED) is 0.647. The van der Waals surface area contributed by atoms with Gasteiger partial charge in [0.1, 0.15) is 11.9 Å². The van der Waals surface area contributed by atoms with Crippen molar-refractivity contribution in [3.05, 3.63) is 65.2 Å². The summed E-state index contributed by atoms with van der Waals surface area (Å²) in [4.78, 5) is 23.7. The van der Waals surface area contributed by atoms with Crippen LogP contribution in [-0.4, -0.2) is 38.1 Å². The SMILES string of the molecule is COC(=O)CNC[C@H]1CCc2ccc(C(=O)c3ccccc3)cc2O1.